The van der Waals surface area contributed by atoms with E-state index in [1.54, 1.807) is 12.1 Å². The van der Waals surface area contributed by atoms with Gasteiger partial charge >= 0.3 is 0 Å². The number of nitrogens with two attached hydrogens (primary N) is 1. The quantitative estimate of drug-likeness (QED) is 0.787. The van der Waals surface area contributed by atoms with Gasteiger partial charge in [0.25, 0.3) is 0 Å². The summed E-state index contributed by atoms with van der Waals surface area (Å²) in [7, 11) is -3.77. The lowest BCUT2D eigenvalue weighted by atomic mass is 10.2. The molecule has 1 aliphatic heterocycles. The number of halogens is 1. The summed E-state index contributed by atoms with van der Waals surface area (Å²) in [6.45, 7) is 4.33. The van der Waals surface area contributed by atoms with Gasteiger partial charge in [-0.05, 0) is 43.3 Å². The van der Waals surface area contributed by atoms with Gasteiger partial charge in [0.15, 0.2) is 0 Å². The van der Waals surface area contributed by atoms with Gasteiger partial charge in [-0.25, -0.2) is 17.9 Å². The number of rotatable bonds is 5. The van der Waals surface area contributed by atoms with Crippen LogP contribution in [0.25, 0.3) is 0 Å². The molecule has 1 atom stereocenters. The predicted octanol–water partition coefficient (Wildman–Crippen LogP) is 1.62. The molecule has 150 valence electrons. The fourth-order valence-corrected chi connectivity index (χ4v) is 3.71. The fraction of sp³-hybridized carbons (Fsp3) is 0.316. The Morgan fingerprint density at radius 1 is 1.07 bits per heavy atom. The van der Waals surface area contributed by atoms with Crippen LogP contribution in [-0.2, 0) is 14.8 Å². The number of amides is 1. The number of hydrogen-bond acceptors (Lipinski definition) is 5. The highest BCUT2D eigenvalue weighted by Gasteiger charge is 2.26. The Kier molecular flexibility index (Phi) is 5.97. The summed E-state index contributed by atoms with van der Waals surface area (Å²) in [5.74, 6) is -0.438. The van der Waals surface area contributed by atoms with Gasteiger partial charge in [-0.15, -0.1) is 0 Å². The molecule has 2 aromatic carbocycles. The van der Waals surface area contributed by atoms with Crippen molar-refractivity contribution in [3.05, 3.63) is 54.3 Å². The number of piperazine rings is 1. The number of nitrogens with one attached hydrogen (secondary N) is 1. The molecule has 0 aromatic heterocycles. The van der Waals surface area contributed by atoms with E-state index in [-0.39, 0.29) is 22.7 Å². The van der Waals surface area contributed by atoms with Crippen molar-refractivity contribution in [3.63, 3.8) is 0 Å². The Balaban J connectivity index is 1.57. The maximum Gasteiger partial charge on any atom is 0.241 e. The Labute approximate surface area is 164 Å². The summed E-state index contributed by atoms with van der Waals surface area (Å²) >= 11 is 0. The SMILES string of the molecule is C[C@@H](C(=O)Nc1ccc(S(N)(=O)=O)cc1)N1CCN(c2ccccc2F)CC1. The molecule has 0 bridgehead atoms. The molecule has 0 saturated carbocycles. The topological polar surface area (TPSA) is 95.7 Å². The van der Waals surface area contributed by atoms with Gasteiger partial charge in [-0.3, -0.25) is 9.69 Å². The number of benzene rings is 2. The van der Waals surface area contributed by atoms with Crippen molar-refractivity contribution in [1.82, 2.24) is 4.90 Å². The lowest BCUT2D eigenvalue weighted by Crippen LogP contribution is -2.53. The summed E-state index contributed by atoms with van der Waals surface area (Å²) in [5.41, 5.74) is 1.07. The molecule has 9 heteroatoms. The standard InChI is InChI=1S/C19H23FN4O3S/c1-14(19(25)22-15-6-8-16(9-7-15)28(21,26)27)23-10-12-24(13-11-23)18-5-3-2-4-17(18)20/h2-9,14H,10-13H2,1H3,(H,22,25)(H2,21,26,27)/t14-/m0/s1. The molecule has 0 unspecified atom stereocenters. The van der Waals surface area contributed by atoms with E-state index in [1.807, 2.05) is 22.8 Å². The van der Waals surface area contributed by atoms with Crippen molar-refractivity contribution in [2.75, 3.05) is 36.4 Å². The molecule has 28 heavy (non-hydrogen) atoms. The second-order valence-electron chi connectivity index (χ2n) is 6.71. The minimum atomic E-state index is -3.77. The van der Waals surface area contributed by atoms with E-state index in [1.165, 1.54) is 30.3 Å². The second-order valence-corrected chi connectivity index (χ2v) is 8.27. The van der Waals surface area contributed by atoms with Crippen LogP contribution in [0.5, 0.6) is 0 Å². The third-order valence-corrected chi connectivity index (χ3v) is 5.81. The van der Waals surface area contributed by atoms with Crippen LogP contribution in [0, 0.1) is 5.82 Å². The van der Waals surface area contributed by atoms with E-state index in [0.29, 0.717) is 37.6 Å². The molecule has 0 radical (unpaired) electrons. The molecular formula is C19H23FN4O3S. The fourth-order valence-electron chi connectivity index (χ4n) is 3.20. The Bertz CT molecular complexity index is 942. The van der Waals surface area contributed by atoms with Gasteiger partial charge in [0.05, 0.1) is 16.6 Å². The number of para-hydroxylation sites is 1. The van der Waals surface area contributed by atoms with Crippen LogP contribution in [0.4, 0.5) is 15.8 Å². The van der Waals surface area contributed by atoms with Crippen molar-refractivity contribution >= 4 is 27.3 Å². The van der Waals surface area contributed by atoms with Crippen LogP contribution in [0.15, 0.2) is 53.4 Å². The molecule has 0 aliphatic carbocycles. The molecular weight excluding hydrogens is 383 g/mol. The minimum absolute atomic E-state index is 0.0113. The largest absolute Gasteiger partial charge is 0.367 e. The van der Waals surface area contributed by atoms with Gasteiger partial charge in [0, 0.05) is 31.9 Å². The van der Waals surface area contributed by atoms with Crippen LogP contribution >= 0.6 is 0 Å². The first kappa shape index (κ1) is 20.2. The lowest BCUT2D eigenvalue weighted by molar-refractivity contribution is -0.120. The maximum absolute atomic E-state index is 13.9. The van der Waals surface area contributed by atoms with Gasteiger partial charge < -0.3 is 10.2 Å². The number of primary sulfonamides is 1. The first-order valence-electron chi connectivity index (χ1n) is 8.93. The third kappa shape index (κ3) is 4.67. The van der Waals surface area contributed by atoms with E-state index in [0.717, 1.165) is 0 Å². The number of carbonyl (C=O) groups is 1. The summed E-state index contributed by atoms with van der Waals surface area (Å²) in [6, 6.07) is 12.0. The Hall–Kier alpha value is -2.49. The van der Waals surface area contributed by atoms with E-state index in [9.17, 15) is 17.6 Å². The zero-order valence-corrected chi connectivity index (χ0v) is 16.3. The van der Waals surface area contributed by atoms with E-state index >= 15 is 0 Å². The predicted molar refractivity (Wildman–Crippen MR) is 106 cm³/mol. The highest BCUT2D eigenvalue weighted by atomic mass is 32.2. The normalized spacial score (nSPS) is 16.6. The van der Waals surface area contributed by atoms with Crippen LogP contribution < -0.4 is 15.4 Å². The molecule has 7 nitrogen and oxygen atoms in total. The molecule has 1 saturated heterocycles. The Morgan fingerprint density at radius 2 is 1.68 bits per heavy atom. The van der Waals surface area contributed by atoms with Crippen LogP contribution in [-0.4, -0.2) is 51.4 Å². The zero-order chi connectivity index (χ0) is 20.3. The first-order valence-corrected chi connectivity index (χ1v) is 10.5. The minimum Gasteiger partial charge on any atom is -0.367 e. The number of anilines is 2. The number of nitrogens with zero attached hydrogens (tertiary/aromatic N) is 2. The molecule has 3 N–H and O–H groups in total. The monoisotopic (exact) mass is 406 g/mol. The van der Waals surface area contributed by atoms with Gasteiger partial charge in [-0.2, -0.15) is 0 Å². The lowest BCUT2D eigenvalue weighted by Gasteiger charge is -2.38. The van der Waals surface area contributed by atoms with Crippen molar-refractivity contribution in [2.45, 2.75) is 17.9 Å². The molecule has 0 spiro atoms. The number of hydrogen-bond donors (Lipinski definition) is 2. The van der Waals surface area contributed by atoms with Gasteiger partial charge in [0.1, 0.15) is 5.82 Å². The summed E-state index contributed by atoms with van der Waals surface area (Å²) in [6.07, 6.45) is 0. The van der Waals surface area contributed by atoms with Crippen molar-refractivity contribution in [2.24, 2.45) is 5.14 Å². The molecule has 1 amide bonds. The van der Waals surface area contributed by atoms with E-state index in [2.05, 4.69) is 5.32 Å². The highest BCUT2D eigenvalue weighted by molar-refractivity contribution is 7.89. The van der Waals surface area contributed by atoms with Crippen LogP contribution in [0.1, 0.15) is 6.92 Å². The van der Waals surface area contributed by atoms with E-state index < -0.39 is 10.0 Å². The highest BCUT2D eigenvalue weighted by Crippen LogP contribution is 2.21. The molecule has 1 heterocycles. The second kappa shape index (κ2) is 8.26. The van der Waals surface area contributed by atoms with Gasteiger partial charge in [-0.1, -0.05) is 12.1 Å². The van der Waals surface area contributed by atoms with E-state index in [4.69, 9.17) is 5.14 Å². The Morgan fingerprint density at radius 3 is 2.25 bits per heavy atom. The average molecular weight is 406 g/mol. The summed E-state index contributed by atoms with van der Waals surface area (Å²) in [4.78, 5) is 16.5. The smallest absolute Gasteiger partial charge is 0.241 e. The number of sulfonamides is 1. The van der Waals surface area contributed by atoms with Crippen LogP contribution in [0.3, 0.4) is 0 Å². The molecule has 2 aromatic rings. The molecule has 1 aliphatic rings. The van der Waals surface area contributed by atoms with Crippen LogP contribution in [0.2, 0.25) is 0 Å². The van der Waals surface area contributed by atoms with Crippen molar-refractivity contribution in [3.8, 4) is 0 Å². The maximum atomic E-state index is 13.9. The third-order valence-electron chi connectivity index (χ3n) is 4.88. The van der Waals surface area contributed by atoms with Gasteiger partial charge in [0.2, 0.25) is 15.9 Å². The zero-order valence-electron chi connectivity index (χ0n) is 15.5. The summed E-state index contributed by atoms with van der Waals surface area (Å²) < 4.78 is 36.5. The van der Waals surface area contributed by atoms with Crippen molar-refractivity contribution in [1.29, 1.82) is 0 Å². The average Bonchev–Trinajstić information content (AvgIpc) is 2.67. The molecule has 3 rings (SSSR count). The first-order chi connectivity index (χ1) is 13.3. The summed E-state index contributed by atoms with van der Waals surface area (Å²) in [5, 5.41) is 7.85. The van der Waals surface area contributed by atoms with Crippen molar-refractivity contribution < 1.29 is 17.6 Å². The molecule has 1 fully saturated rings. The number of carbonyl (C=O) groups excluding carboxylic acids is 1.